The van der Waals surface area contributed by atoms with E-state index in [0.717, 1.165) is 42.7 Å². The zero-order chi connectivity index (χ0) is 21.5. The van der Waals surface area contributed by atoms with Gasteiger partial charge in [-0.2, -0.15) is 11.8 Å². The van der Waals surface area contributed by atoms with Crippen LogP contribution in [0.15, 0.2) is 30.5 Å². The summed E-state index contributed by atoms with van der Waals surface area (Å²) in [5.41, 5.74) is 1.38. The summed E-state index contributed by atoms with van der Waals surface area (Å²) in [5, 5.41) is 10.1. The fourth-order valence-corrected chi connectivity index (χ4v) is 4.92. The highest BCUT2D eigenvalue weighted by Gasteiger charge is 2.31. The minimum Gasteiger partial charge on any atom is -0.497 e. The van der Waals surface area contributed by atoms with Crippen molar-refractivity contribution in [3.05, 3.63) is 36.0 Å². The number of piperidine rings is 1. The predicted octanol–water partition coefficient (Wildman–Crippen LogP) is 4.81. The second kappa shape index (κ2) is 11.0. The SMILES string of the molecule is COc1ccc2nccc([C@H](F)CC[C@@H]3CCN(CCSC)C[C@@H]3CC(=O)O)c2c1. The molecule has 7 heteroatoms. The van der Waals surface area contributed by atoms with E-state index < -0.39 is 12.1 Å². The molecule has 1 saturated heterocycles. The molecule has 0 bridgehead atoms. The minimum atomic E-state index is -1.11. The lowest BCUT2D eigenvalue weighted by atomic mass is 9.79. The number of halogens is 1. The van der Waals surface area contributed by atoms with Gasteiger partial charge in [0, 0.05) is 36.8 Å². The summed E-state index contributed by atoms with van der Waals surface area (Å²) in [6, 6.07) is 7.25. The van der Waals surface area contributed by atoms with Crippen molar-refractivity contribution in [2.75, 3.05) is 38.8 Å². The Morgan fingerprint density at radius 1 is 1.40 bits per heavy atom. The Balaban J connectivity index is 1.67. The smallest absolute Gasteiger partial charge is 0.303 e. The van der Waals surface area contributed by atoms with Crippen molar-refractivity contribution in [3.8, 4) is 5.75 Å². The van der Waals surface area contributed by atoms with Crippen LogP contribution in [-0.4, -0.2) is 59.7 Å². The number of aliphatic carboxylic acids is 1. The largest absolute Gasteiger partial charge is 0.497 e. The maximum Gasteiger partial charge on any atom is 0.303 e. The molecule has 1 aliphatic heterocycles. The number of benzene rings is 1. The maximum absolute atomic E-state index is 15.3. The molecule has 0 aliphatic carbocycles. The number of ether oxygens (including phenoxy) is 1. The summed E-state index contributed by atoms with van der Waals surface area (Å²) in [6.45, 7) is 2.75. The van der Waals surface area contributed by atoms with Crippen molar-refractivity contribution in [2.45, 2.75) is 31.9 Å². The number of hydrogen-bond donors (Lipinski definition) is 1. The normalized spacial score (nSPS) is 20.9. The van der Waals surface area contributed by atoms with Gasteiger partial charge in [0.25, 0.3) is 0 Å². The number of likely N-dealkylation sites (tertiary alicyclic amines) is 1. The third kappa shape index (κ3) is 5.85. The van der Waals surface area contributed by atoms with Crippen LogP contribution in [0.3, 0.4) is 0 Å². The molecule has 3 atom stereocenters. The minimum absolute atomic E-state index is 0.0829. The van der Waals surface area contributed by atoms with Gasteiger partial charge in [-0.25, -0.2) is 4.39 Å². The van der Waals surface area contributed by atoms with Gasteiger partial charge < -0.3 is 14.7 Å². The summed E-state index contributed by atoms with van der Waals surface area (Å²) in [6.07, 6.45) is 4.81. The predicted molar refractivity (Wildman–Crippen MR) is 120 cm³/mol. The van der Waals surface area contributed by atoms with Crippen molar-refractivity contribution < 1.29 is 19.0 Å². The molecule has 1 N–H and O–H groups in total. The highest BCUT2D eigenvalue weighted by molar-refractivity contribution is 7.98. The molecule has 164 valence electrons. The quantitative estimate of drug-likeness (QED) is 0.579. The Kier molecular flexibility index (Phi) is 8.33. The molecule has 2 aromatic rings. The van der Waals surface area contributed by atoms with Crippen LogP contribution < -0.4 is 4.74 Å². The number of fused-ring (bicyclic) bond motifs is 1. The topological polar surface area (TPSA) is 62.7 Å². The van der Waals surface area contributed by atoms with Crippen molar-refractivity contribution >= 4 is 28.6 Å². The van der Waals surface area contributed by atoms with Gasteiger partial charge in [-0.3, -0.25) is 9.78 Å². The van der Waals surface area contributed by atoms with Gasteiger partial charge in [0.05, 0.1) is 12.6 Å². The van der Waals surface area contributed by atoms with Crippen LogP contribution in [0.25, 0.3) is 10.9 Å². The fraction of sp³-hybridized carbons (Fsp3) is 0.565. The van der Waals surface area contributed by atoms with Crippen LogP contribution in [0.1, 0.15) is 37.4 Å². The van der Waals surface area contributed by atoms with Gasteiger partial charge in [-0.15, -0.1) is 0 Å². The first-order valence-corrected chi connectivity index (χ1v) is 11.9. The van der Waals surface area contributed by atoms with E-state index in [-0.39, 0.29) is 18.3 Å². The number of methoxy groups -OCH3 is 1. The number of pyridine rings is 1. The molecule has 0 unspecified atom stereocenters. The summed E-state index contributed by atoms with van der Waals surface area (Å²) >= 11 is 1.80. The van der Waals surface area contributed by atoms with Gasteiger partial charge in [-0.1, -0.05) is 0 Å². The maximum atomic E-state index is 15.3. The van der Waals surface area contributed by atoms with Gasteiger partial charge in [-0.05, 0) is 73.7 Å². The summed E-state index contributed by atoms with van der Waals surface area (Å²) < 4.78 is 20.6. The summed E-state index contributed by atoms with van der Waals surface area (Å²) in [7, 11) is 1.60. The standard InChI is InChI=1S/C23H31FN2O3S/c1-29-18-4-6-22-20(14-18)19(7-9-25-22)21(24)5-3-16-8-10-26(11-12-30-2)15-17(16)13-23(27)28/h4,6-7,9,14,16-17,21H,3,5,8,10-13,15H2,1-2H3,(H,27,28)/t16-,17+,21-/m1/s1. The molecule has 30 heavy (non-hydrogen) atoms. The van der Waals surface area contributed by atoms with E-state index >= 15 is 4.39 Å². The van der Waals surface area contributed by atoms with Crippen LogP contribution in [-0.2, 0) is 4.79 Å². The number of aromatic nitrogens is 1. The monoisotopic (exact) mass is 434 g/mol. The first-order valence-electron chi connectivity index (χ1n) is 10.5. The molecule has 2 heterocycles. The Labute approximate surface area is 182 Å². The van der Waals surface area contributed by atoms with E-state index in [4.69, 9.17) is 4.74 Å². The highest BCUT2D eigenvalue weighted by atomic mass is 32.2. The second-order valence-corrected chi connectivity index (χ2v) is 9.01. The Bertz CT molecular complexity index is 850. The van der Waals surface area contributed by atoms with Crippen molar-refractivity contribution in [1.82, 2.24) is 9.88 Å². The van der Waals surface area contributed by atoms with Crippen LogP contribution >= 0.6 is 11.8 Å². The molecular formula is C23H31FN2O3S. The lowest BCUT2D eigenvalue weighted by molar-refractivity contribution is -0.139. The number of hydrogen-bond acceptors (Lipinski definition) is 5. The number of carboxylic acids is 1. The van der Waals surface area contributed by atoms with E-state index in [9.17, 15) is 9.90 Å². The number of thioether (sulfide) groups is 1. The number of nitrogens with zero attached hydrogens (tertiary/aromatic N) is 2. The Hall–Kier alpha value is -1.86. The molecule has 1 fully saturated rings. The molecule has 3 rings (SSSR count). The van der Waals surface area contributed by atoms with E-state index in [2.05, 4.69) is 16.1 Å². The highest BCUT2D eigenvalue weighted by Crippen LogP contribution is 2.36. The molecule has 5 nitrogen and oxygen atoms in total. The molecule has 0 radical (unpaired) electrons. The van der Waals surface area contributed by atoms with Crippen LogP contribution in [0, 0.1) is 11.8 Å². The molecule has 1 aliphatic rings. The lowest BCUT2D eigenvalue weighted by Gasteiger charge is -2.38. The third-order valence-corrected chi connectivity index (χ3v) is 6.73. The van der Waals surface area contributed by atoms with E-state index in [1.165, 1.54) is 0 Å². The molecular weight excluding hydrogens is 403 g/mol. The van der Waals surface area contributed by atoms with E-state index in [1.54, 1.807) is 31.1 Å². The van der Waals surface area contributed by atoms with Gasteiger partial charge >= 0.3 is 5.97 Å². The average Bonchev–Trinajstić information content (AvgIpc) is 2.75. The van der Waals surface area contributed by atoms with Crippen molar-refractivity contribution in [1.29, 1.82) is 0 Å². The van der Waals surface area contributed by atoms with Crippen molar-refractivity contribution in [2.24, 2.45) is 11.8 Å². The number of carbonyl (C=O) groups is 1. The second-order valence-electron chi connectivity index (χ2n) is 8.03. The Morgan fingerprint density at radius 3 is 2.97 bits per heavy atom. The molecule has 0 saturated carbocycles. The van der Waals surface area contributed by atoms with Crippen molar-refractivity contribution in [3.63, 3.8) is 0 Å². The van der Waals surface area contributed by atoms with E-state index in [1.807, 2.05) is 18.2 Å². The molecule has 0 amide bonds. The Morgan fingerprint density at radius 2 is 2.23 bits per heavy atom. The number of rotatable bonds is 10. The first kappa shape index (κ1) is 22.8. The number of carboxylic acid groups (broad SMARTS) is 1. The van der Waals surface area contributed by atoms with Gasteiger partial charge in [0.2, 0.25) is 0 Å². The van der Waals surface area contributed by atoms with Crippen LogP contribution in [0.5, 0.6) is 5.75 Å². The lowest BCUT2D eigenvalue weighted by Crippen LogP contribution is -2.42. The number of alkyl halides is 1. The molecule has 0 spiro atoms. The zero-order valence-electron chi connectivity index (χ0n) is 17.7. The van der Waals surface area contributed by atoms with Gasteiger partial charge in [0.1, 0.15) is 11.9 Å². The molecule has 1 aromatic carbocycles. The van der Waals surface area contributed by atoms with E-state index in [0.29, 0.717) is 24.2 Å². The zero-order valence-corrected chi connectivity index (χ0v) is 18.5. The molecule has 1 aromatic heterocycles. The third-order valence-electron chi connectivity index (χ3n) is 6.13. The van der Waals surface area contributed by atoms with Crippen LogP contribution in [0.2, 0.25) is 0 Å². The first-order chi connectivity index (χ1) is 14.5. The average molecular weight is 435 g/mol. The fourth-order valence-electron chi connectivity index (χ4n) is 4.48. The van der Waals surface area contributed by atoms with Gasteiger partial charge in [0.15, 0.2) is 0 Å². The van der Waals surface area contributed by atoms with Crippen LogP contribution in [0.4, 0.5) is 4.39 Å². The summed E-state index contributed by atoms with van der Waals surface area (Å²) in [5.74, 6) is 1.30. The summed E-state index contributed by atoms with van der Waals surface area (Å²) in [4.78, 5) is 18.1.